The normalized spacial score (nSPS) is 28.3. The van der Waals surface area contributed by atoms with Crippen LogP contribution in [0.3, 0.4) is 0 Å². The predicted molar refractivity (Wildman–Crippen MR) is 51.8 cm³/mol. The lowest BCUT2D eigenvalue weighted by Crippen LogP contribution is -2.53. The van der Waals surface area contributed by atoms with Crippen LogP contribution in [0, 0.1) is 17.3 Å². The second kappa shape index (κ2) is 4.11. The van der Waals surface area contributed by atoms with E-state index in [1.54, 1.807) is 6.92 Å². The van der Waals surface area contributed by atoms with Gasteiger partial charge in [0, 0.05) is 0 Å². The van der Waals surface area contributed by atoms with Crippen molar-refractivity contribution >= 4 is 17.9 Å². The van der Waals surface area contributed by atoms with Crippen molar-refractivity contribution in [2.75, 3.05) is 0 Å². The molecule has 0 radical (unpaired) electrons. The van der Waals surface area contributed by atoms with Crippen LogP contribution in [-0.4, -0.2) is 33.2 Å². The van der Waals surface area contributed by atoms with E-state index in [4.69, 9.17) is 15.3 Å². The van der Waals surface area contributed by atoms with Crippen LogP contribution in [0.1, 0.15) is 26.2 Å². The Morgan fingerprint density at radius 1 is 1.12 bits per heavy atom. The van der Waals surface area contributed by atoms with Gasteiger partial charge in [-0.1, -0.05) is 13.3 Å². The molecule has 0 saturated heterocycles. The van der Waals surface area contributed by atoms with Crippen molar-refractivity contribution in [1.82, 2.24) is 0 Å². The zero-order chi connectivity index (χ0) is 12.5. The zero-order valence-corrected chi connectivity index (χ0v) is 8.84. The van der Waals surface area contributed by atoms with E-state index < -0.39 is 35.2 Å². The summed E-state index contributed by atoms with van der Waals surface area (Å²) in [4.78, 5) is 33.3. The van der Waals surface area contributed by atoms with Crippen LogP contribution in [0.2, 0.25) is 0 Å². The summed E-state index contributed by atoms with van der Waals surface area (Å²) in [5.41, 5.74) is -2.18. The summed E-state index contributed by atoms with van der Waals surface area (Å²) in [5.74, 6) is -6.27. The molecule has 0 aromatic heterocycles. The lowest BCUT2D eigenvalue weighted by molar-refractivity contribution is -0.182. The molecule has 0 heterocycles. The van der Waals surface area contributed by atoms with Gasteiger partial charge >= 0.3 is 17.9 Å². The minimum Gasteiger partial charge on any atom is -0.481 e. The number of carboxylic acid groups (broad SMARTS) is 3. The molecule has 1 saturated carbocycles. The molecule has 0 bridgehead atoms. The summed E-state index contributed by atoms with van der Waals surface area (Å²) < 4.78 is 0. The van der Waals surface area contributed by atoms with Gasteiger partial charge in [-0.15, -0.1) is 0 Å². The van der Waals surface area contributed by atoms with Crippen molar-refractivity contribution in [1.29, 1.82) is 0 Å². The standard InChI is InChI=1S/C10H14O6/c1-5-3-2-4-10(8(13)14,9(15)16)6(5)7(11)12/h5-6H,2-4H2,1H3,(H,11,12)(H,13,14)(H,15,16). The van der Waals surface area contributed by atoms with Crippen LogP contribution in [0.5, 0.6) is 0 Å². The van der Waals surface area contributed by atoms with Gasteiger partial charge in [-0.25, -0.2) is 0 Å². The molecule has 16 heavy (non-hydrogen) atoms. The Labute approximate surface area is 91.9 Å². The second-order valence-electron chi connectivity index (χ2n) is 4.27. The van der Waals surface area contributed by atoms with Gasteiger partial charge in [-0.05, 0) is 18.8 Å². The summed E-state index contributed by atoms with van der Waals surface area (Å²) >= 11 is 0. The van der Waals surface area contributed by atoms with Crippen molar-refractivity contribution < 1.29 is 29.7 Å². The molecular formula is C10H14O6. The number of carbonyl (C=O) groups is 3. The van der Waals surface area contributed by atoms with Crippen LogP contribution >= 0.6 is 0 Å². The highest BCUT2D eigenvalue weighted by Gasteiger charge is 2.59. The molecule has 6 nitrogen and oxygen atoms in total. The van der Waals surface area contributed by atoms with E-state index in [2.05, 4.69) is 0 Å². The Morgan fingerprint density at radius 2 is 1.62 bits per heavy atom. The van der Waals surface area contributed by atoms with E-state index in [1.807, 2.05) is 0 Å². The average Bonchev–Trinajstić information content (AvgIpc) is 2.15. The lowest BCUT2D eigenvalue weighted by Gasteiger charge is -2.38. The second-order valence-corrected chi connectivity index (χ2v) is 4.27. The molecule has 1 aliphatic carbocycles. The van der Waals surface area contributed by atoms with Gasteiger partial charge in [0.25, 0.3) is 0 Å². The fourth-order valence-corrected chi connectivity index (χ4v) is 2.54. The molecule has 2 atom stereocenters. The number of aliphatic carboxylic acids is 3. The third kappa shape index (κ3) is 1.64. The largest absolute Gasteiger partial charge is 0.481 e. The smallest absolute Gasteiger partial charge is 0.321 e. The third-order valence-electron chi connectivity index (χ3n) is 3.36. The first-order valence-electron chi connectivity index (χ1n) is 5.03. The van der Waals surface area contributed by atoms with Crippen LogP contribution in [0.15, 0.2) is 0 Å². The maximum absolute atomic E-state index is 11.1. The summed E-state index contributed by atoms with van der Waals surface area (Å²) in [6.45, 7) is 1.58. The molecule has 0 aromatic carbocycles. The Hall–Kier alpha value is -1.59. The van der Waals surface area contributed by atoms with E-state index in [0.29, 0.717) is 12.8 Å². The minimum absolute atomic E-state index is 0.126. The molecule has 6 heteroatoms. The zero-order valence-electron chi connectivity index (χ0n) is 8.84. The number of hydrogen-bond donors (Lipinski definition) is 3. The first-order chi connectivity index (χ1) is 7.34. The highest BCUT2D eigenvalue weighted by molar-refractivity contribution is 6.02. The van der Waals surface area contributed by atoms with Crippen molar-refractivity contribution in [2.24, 2.45) is 17.3 Å². The Bertz CT molecular complexity index is 320. The maximum atomic E-state index is 11.1. The molecule has 1 fully saturated rings. The number of carboxylic acids is 3. The molecule has 0 aliphatic heterocycles. The number of rotatable bonds is 3. The molecule has 1 rings (SSSR count). The van der Waals surface area contributed by atoms with E-state index >= 15 is 0 Å². The first-order valence-corrected chi connectivity index (χ1v) is 5.03. The topological polar surface area (TPSA) is 112 Å². The van der Waals surface area contributed by atoms with E-state index in [9.17, 15) is 14.4 Å². The Balaban J connectivity index is 3.27. The van der Waals surface area contributed by atoms with Crippen molar-refractivity contribution in [3.05, 3.63) is 0 Å². The summed E-state index contributed by atoms with van der Waals surface area (Å²) in [5, 5.41) is 27.1. The molecular weight excluding hydrogens is 216 g/mol. The highest BCUT2D eigenvalue weighted by Crippen LogP contribution is 2.45. The van der Waals surface area contributed by atoms with Crippen molar-refractivity contribution in [3.63, 3.8) is 0 Å². The van der Waals surface area contributed by atoms with Crippen LogP contribution in [0.4, 0.5) is 0 Å². The van der Waals surface area contributed by atoms with Gasteiger partial charge < -0.3 is 15.3 Å². The Morgan fingerprint density at radius 3 is 1.94 bits per heavy atom. The molecule has 2 unspecified atom stereocenters. The SMILES string of the molecule is CC1CCCC(C(=O)O)(C(=O)O)C1C(=O)O. The average molecular weight is 230 g/mol. The quantitative estimate of drug-likeness (QED) is 0.614. The monoisotopic (exact) mass is 230 g/mol. The number of hydrogen-bond acceptors (Lipinski definition) is 3. The first kappa shape index (κ1) is 12.5. The molecule has 0 spiro atoms. The fourth-order valence-electron chi connectivity index (χ4n) is 2.54. The molecule has 90 valence electrons. The molecule has 3 N–H and O–H groups in total. The summed E-state index contributed by atoms with van der Waals surface area (Å²) in [6, 6.07) is 0. The van der Waals surface area contributed by atoms with Gasteiger partial charge in [0.1, 0.15) is 0 Å². The van der Waals surface area contributed by atoms with E-state index in [0.717, 1.165) is 0 Å². The molecule has 0 amide bonds. The highest BCUT2D eigenvalue weighted by atomic mass is 16.4. The van der Waals surface area contributed by atoms with E-state index in [1.165, 1.54) is 0 Å². The van der Waals surface area contributed by atoms with Gasteiger partial charge in [0.2, 0.25) is 0 Å². The van der Waals surface area contributed by atoms with Crippen LogP contribution < -0.4 is 0 Å². The van der Waals surface area contributed by atoms with Crippen molar-refractivity contribution in [2.45, 2.75) is 26.2 Å². The molecule has 1 aliphatic rings. The predicted octanol–water partition coefficient (Wildman–Crippen LogP) is 0.663. The van der Waals surface area contributed by atoms with Gasteiger partial charge in [-0.3, -0.25) is 14.4 Å². The fraction of sp³-hybridized carbons (Fsp3) is 0.700. The summed E-state index contributed by atoms with van der Waals surface area (Å²) in [6.07, 6.45) is 0.835. The molecule has 0 aromatic rings. The minimum atomic E-state index is -2.18. The van der Waals surface area contributed by atoms with Gasteiger partial charge in [0.15, 0.2) is 5.41 Å². The van der Waals surface area contributed by atoms with Gasteiger partial charge in [-0.2, -0.15) is 0 Å². The van der Waals surface area contributed by atoms with E-state index in [-0.39, 0.29) is 6.42 Å². The van der Waals surface area contributed by atoms with Crippen molar-refractivity contribution in [3.8, 4) is 0 Å². The summed E-state index contributed by atoms with van der Waals surface area (Å²) in [7, 11) is 0. The van der Waals surface area contributed by atoms with Crippen LogP contribution in [0.25, 0.3) is 0 Å². The van der Waals surface area contributed by atoms with Crippen LogP contribution in [-0.2, 0) is 14.4 Å². The third-order valence-corrected chi connectivity index (χ3v) is 3.36. The van der Waals surface area contributed by atoms with Gasteiger partial charge in [0.05, 0.1) is 5.92 Å². The lowest BCUT2D eigenvalue weighted by atomic mass is 9.62. The Kier molecular flexibility index (Phi) is 3.21. The maximum Gasteiger partial charge on any atom is 0.321 e.